The van der Waals surface area contributed by atoms with E-state index in [0.717, 1.165) is 62.0 Å². The van der Waals surface area contributed by atoms with Gasteiger partial charge in [0.2, 0.25) is 0 Å². The standard InChI is InChI=1S/C36H44N4O4S/c1-4-5-6-7-8-9-10-11-12-19-34(42)44-39(3)36(43)31-18-15-16-27(2)35(31)45-29-21-22-30-32(38-40(26-41)33(30)25-29)23-20-28-17-13-14-24-37-28/h13-18,20-25,41H,4-12,19,26H2,1-3H3/b23-20+. The van der Waals surface area contributed by atoms with Crippen LogP contribution in [0.2, 0.25) is 0 Å². The summed E-state index contributed by atoms with van der Waals surface area (Å²) in [4.78, 5) is 37.3. The number of carbonyl (C=O) groups excluding carboxylic acids is 2. The van der Waals surface area contributed by atoms with E-state index < -0.39 is 5.97 Å². The maximum atomic E-state index is 13.4. The number of aromatic nitrogens is 3. The van der Waals surface area contributed by atoms with E-state index in [0.29, 0.717) is 12.0 Å². The van der Waals surface area contributed by atoms with Crippen molar-refractivity contribution in [1.82, 2.24) is 19.8 Å². The number of unbranched alkanes of at least 4 members (excludes halogenated alkanes) is 8. The van der Waals surface area contributed by atoms with Gasteiger partial charge in [-0.3, -0.25) is 9.78 Å². The Morgan fingerprint density at radius 2 is 1.71 bits per heavy atom. The molecule has 2 heterocycles. The molecular weight excluding hydrogens is 584 g/mol. The summed E-state index contributed by atoms with van der Waals surface area (Å²) in [7, 11) is 1.49. The van der Waals surface area contributed by atoms with Crippen molar-refractivity contribution in [3.8, 4) is 0 Å². The highest BCUT2D eigenvalue weighted by Gasteiger charge is 2.21. The Kier molecular flexibility index (Phi) is 13.2. The lowest BCUT2D eigenvalue weighted by molar-refractivity contribution is -0.173. The number of aliphatic hydroxyl groups is 1. The summed E-state index contributed by atoms with van der Waals surface area (Å²) >= 11 is 1.45. The summed E-state index contributed by atoms with van der Waals surface area (Å²) in [5.41, 5.74) is 3.68. The molecule has 0 fully saturated rings. The molecular formula is C36H44N4O4S. The predicted molar refractivity (Wildman–Crippen MR) is 180 cm³/mol. The van der Waals surface area contributed by atoms with Gasteiger partial charge < -0.3 is 9.94 Å². The fourth-order valence-electron chi connectivity index (χ4n) is 5.18. The molecule has 0 bridgehead atoms. The van der Waals surface area contributed by atoms with Gasteiger partial charge in [0.1, 0.15) is 6.73 Å². The van der Waals surface area contributed by atoms with Crippen molar-refractivity contribution in [3.63, 3.8) is 0 Å². The van der Waals surface area contributed by atoms with Crippen LogP contribution in [0.4, 0.5) is 0 Å². The highest BCUT2D eigenvalue weighted by Crippen LogP contribution is 2.36. The van der Waals surface area contributed by atoms with Crippen LogP contribution in [0.25, 0.3) is 23.1 Å². The van der Waals surface area contributed by atoms with Crippen molar-refractivity contribution in [3.05, 3.63) is 83.3 Å². The Morgan fingerprint density at radius 3 is 2.42 bits per heavy atom. The van der Waals surface area contributed by atoms with Crippen molar-refractivity contribution in [1.29, 1.82) is 0 Å². The van der Waals surface area contributed by atoms with Gasteiger partial charge in [0.25, 0.3) is 5.91 Å². The normalized spacial score (nSPS) is 11.4. The lowest BCUT2D eigenvalue weighted by atomic mass is 10.1. The number of pyridine rings is 1. The van der Waals surface area contributed by atoms with E-state index in [-0.39, 0.29) is 12.6 Å². The number of hydroxylamine groups is 2. The smallest absolute Gasteiger partial charge is 0.332 e. The fourth-order valence-corrected chi connectivity index (χ4v) is 6.21. The summed E-state index contributed by atoms with van der Waals surface area (Å²) in [6.45, 7) is 3.90. The van der Waals surface area contributed by atoms with Gasteiger partial charge in [0, 0.05) is 34.8 Å². The second kappa shape index (κ2) is 17.5. The van der Waals surface area contributed by atoms with Gasteiger partial charge in [-0.05, 0) is 67.5 Å². The lowest BCUT2D eigenvalue weighted by Crippen LogP contribution is -2.30. The van der Waals surface area contributed by atoms with Crippen LogP contribution < -0.4 is 0 Å². The van der Waals surface area contributed by atoms with Crippen molar-refractivity contribution in [2.45, 2.75) is 94.6 Å². The lowest BCUT2D eigenvalue weighted by Gasteiger charge is -2.19. The Bertz CT molecular complexity index is 1580. The number of nitrogens with zero attached hydrogens (tertiary/aromatic N) is 4. The molecule has 4 rings (SSSR count). The van der Waals surface area contributed by atoms with Crippen LogP contribution in [-0.4, -0.2) is 43.9 Å². The van der Waals surface area contributed by atoms with Gasteiger partial charge in [0.05, 0.1) is 22.5 Å². The molecule has 0 saturated heterocycles. The third kappa shape index (κ3) is 9.77. The Balaban J connectivity index is 1.39. The third-order valence-electron chi connectivity index (χ3n) is 7.66. The second-order valence-electron chi connectivity index (χ2n) is 11.2. The highest BCUT2D eigenvalue weighted by molar-refractivity contribution is 7.99. The summed E-state index contributed by atoms with van der Waals surface area (Å²) in [6.07, 6.45) is 16.3. The summed E-state index contributed by atoms with van der Waals surface area (Å²) < 4.78 is 1.54. The van der Waals surface area contributed by atoms with Crippen LogP contribution in [0, 0.1) is 6.92 Å². The van der Waals surface area contributed by atoms with Crippen molar-refractivity contribution in [2.75, 3.05) is 7.05 Å². The van der Waals surface area contributed by atoms with Gasteiger partial charge >= 0.3 is 5.97 Å². The second-order valence-corrected chi connectivity index (χ2v) is 12.3. The minimum absolute atomic E-state index is 0.272. The molecule has 9 heteroatoms. The Labute approximate surface area is 270 Å². The van der Waals surface area contributed by atoms with E-state index in [4.69, 9.17) is 4.84 Å². The molecule has 0 aliphatic carbocycles. The SMILES string of the molecule is CCCCCCCCCCCC(=O)ON(C)C(=O)c1cccc(C)c1Sc1ccc2c(/C=C/c3ccccn3)nn(CO)c2c1. The molecule has 8 nitrogen and oxygen atoms in total. The monoisotopic (exact) mass is 628 g/mol. The molecule has 4 aromatic rings. The van der Waals surface area contributed by atoms with Crippen molar-refractivity contribution in [2.24, 2.45) is 0 Å². The van der Waals surface area contributed by atoms with Crippen LogP contribution in [0.15, 0.2) is 70.6 Å². The number of amides is 1. The van der Waals surface area contributed by atoms with E-state index in [1.807, 2.05) is 67.6 Å². The first-order valence-corrected chi connectivity index (χ1v) is 16.7. The number of aliphatic hydroxyl groups excluding tert-OH is 1. The summed E-state index contributed by atoms with van der Waals surface area (Å²) in [6, 6.07) is 17.1. The molecule has 1 amide bonds. The van der Waals surface area contributed by atoms with Crippen LogP contribution in [0.5, 0.6) is 0 Å². The van der Waals surface area contributed by atoms with Gasteiger partial charge in [0.15, 0.2) is 0 Å². The topological polar surface area (TPSA) is 97.5 Å². The van der Waals surface area contributed by atoms with Crippen molar-refractivity contribution < 1.29 is 19.5 Å². The molecule has 238 valence electrons. The summed E-state index contributed by atoms with van der Waals surface area (Å²) in [5.74, 6) is -0.781. The van der Waals surface area contributed by atoms with E-state index >= 15 is 0 Å². The zero-order valence-electron chi connectivity index (χ0n) is 26.6. The minimum Gasteiger partial charge on any atom is -0.374 e. The molecule has 0 spiro atoms. The average Bonchev–Trinajstić information content (AvgIpc) is 3.41. The van der Waals surface area contributed by atoms with Gasteiger partial charge in [-0.2, -0.15) is 10.2 Å². The number of aryl methyl sites for hydroxylation is 1. The fraction of sp³-hybridized carbons (Fsp3) is 0.389. The van der Waals surface area contributed by atoms with E-state index in [1.165, 1.54) is 57.3 Å². The first kappa shape index (κ1) is 33.9. The van der Waals surface area contributed by atoms with Crippen molar-refractivity contribution >= 4 is 46.7 Å². The molecule has 45 heavy (non-hydrogen) atoms. The maximum Gasteiger partial charge on any atom is 0.332 e. The molecule has 1 N–H and O–H groups in total. The number of rotatable bonds is 16. The Morgan fingerprint density at radius 1 is 0.956 bits per heavy atom. The number of carbonyl (C=O) groups is 2. The molecule has 0 unspecified atom stereocenters. The van der Waals surface area contributed by atoms with Crippen LogP contribution in [-0.2, 0) is 16.4 Å². The van der Waals surface area contributed by atoms with E-state index in [9.17, 15) is 14.7 Å². The zero-order valence-corrected chi connectivity index (χ0v) is 27.4. The zero-order chi connectivity index (χ0) is 32.0. The highest BCUT2D eigenvalue weighted by atomic mass is 32.2. The molecule has 0 radical (unpaired) electrons. The molecule has 0 aliphatic rings. The number of fused-ring (bicyclic) bond motifs is 1. The molecule has 0 atom stereocenters. The third-order valence-corrected chi connectivity index (χ3v) is 8.89. The number of hydrogen-bond acceptors (Lipinski definition) is 7. The predicted octanol–water partition coefficient (Wildman–Crippen LogP) is 8.46. The number of hydrogen-bond donors (Lipinski definition) is 1. The van der Waals surface area contributed by atoms with Gasteiger partial charge in [-0.15, -0.1) is 0 Å². The maximum absolute atomic E-state index is 13.4. The largest absolute Gasteiger partial charge is 0.374 e. The Hall–Kier alpha value is -3.95. The van der Waals surface area contributed by atoms with E-state index in [1.54, 1.807) is 16.9 Å². The first-order chi connectivity index (χ1) is 21.9. The minimum atomic E-state index is -0.397. The van der Waals surface area contributed by atoms with Crippen LogP contribution in [0.1, 0.15) is 98.4 Å². The van der Waals surface area contributed by atoms with E-state index in [2.05, 4.69) is 17.0 Å². The average molecular weight is 629 g/mol. The quantitative estimate of drug-likeness (QED) is 0.0982. The number of benzene rings is 2. The van der Waals surface area contributed by atoms with Gasteiger partial charge in [-0.25, -0.2) is 9.48 Å². The van der Waals surface area contributed by atoms with Crippen LogP contribution >= 0.6 is 11.8 Å². The van der Waals surface area contributed by atoms with Crippen LogP contribution in [0.3, 0.4) is 0 Å². The first-order valence-electron chi connectivity index (χ1n) is 15.9. The van der Waals surface area contributed by atoms with Gasteiger partial charge in [-0.1, -0.05) is 88.3 Å². The molecule has 2 aromatic carbocycles. The molecule has 0 aliphatic heterocycles. The molecule has 2 aromatic heterocycles. The molecule has 0 saturated carbocycles. The summed E-state index contributed by atoms with van der Waals surface area (Å²) in [5, 5.41) is 16.5.